The van der Waals surface area contributed by atoms with Crippen LogP contribution in [0.4, 0.5) is 0 Å². The van der Waals surface area contributed by atoms with E-state index in [1.165, 1.54) is 16.4 Å². The summed E-state index contributed by atoms with van der Waals surface area (Å²) in [6.45, 7) is 1.41. The molecule has 162 valence electrons. The molecule has 0 bridgehead atoms. The molecule has 1 amide bonds. The zero-order valence-electron chi connectivity index (χ0n) is 17.0. The number of nitrogens with one attached hydrogen (secondary N) is 1. The van der Waals surface area contributed by atoms with E-state index in [9.17, 15) is 13.2 Å². The zero-order chi connectivity index (χ0) is 21.7. The minimum absolute atomic E-state index is 0.134. The average Bonchev–Trinajstić information content (AvgIpc) is 3.29. The van der Waals surface area contributed by atoms with Gasteiger partial charge in [-0.25, -0.2) is 8.42 Å². The zero-order valence-corrected chi connectivity index (χ0v) is 19.4. The number of nitrogens with zero attached hydrogens (tertiary/aromatic N) is 1. The van der Waals surface area contributed by atoms with E-state index < -0.39 is 10.0 Å². The minimum Gasteiger partial charge on any atom is -0.497 e. The molecule has 0 radical (unpaired) electrons. The number of ether oxygens (including phenoxy) is 2. The van der Waals surface area contributed by atoms with E-state index in [4.69, 9.17) is 9.47 Å². The second-order valence-corrected chi connectivity index (χ2v) is 9.73. The van der Waals surface area contributed by atoms with Crippen molar-refractivity contribution in [3.05, 3.63) is 52.0 Å². The lowest BCUT2D eigenvalue weighted by Crippen LogP contribution is -2.29. The monoisotopic (exact) mass is 496 g/mol. The quantitative estimate of drug-likeness (QED) is 0.606. The Bertz CT molecular complexity index is 1020. The van der Waals surface area contributed by atoms with Gasteiger partial charge >= 0.3 is 0 Å². The predicted octanol–water partition coefficient (Wildman–Crippen LogP) is 3.22. The molecule has 1 aliphatic rings. The third-order valence-corrected chi connectivity index (χ3v) is 7.65. The molecule has 1 saturated heterocycles. The molecule has 0 aromatic heterocycles. The van der Waals surface area contributed by atoms with E-state index >= 15 is 0 Å². The average molecular weight is 497 g/mol. The van der Waals surface area contributed by atoms with E-state index in [-0.39, 0.29) is 16.4 Å². The molecule has 2 aromatic rings. The lowest BCUT2D eigenvalue weighted by atomic mass is 10.1. The first-order valence-corrected chi connectivity index (χ1v) is 11.9. The van der Waals surface area contributed by atoms with Crippen molar-refractivity contribution in [1.29, 1.82) is 0 Å². The molecule has 9 heteroatoms. The van der Waals surface area contributed by atoms with Crippen LogP contribution in [-0.4, -0.2) is 52.5 Å². The smallest absolute Gasteiger partial charge is 0.252 e. The Morgan fingerprint density at radius 1 is 1.10 bits per heavy atom. The molecule has 0 atom stereocenters. The SMILES string of the molecule is COc1ccc(CCNC(=O)c2cc(S(=O)(=O)N3CCCC3)ccc2Br)c(OC)c1. The Kier molecular flexibility index (Phi) is 7.38. The maximum absolute atomic E-state index is 12.8. The van der Waals surface area contributed by atoms with Crippen molar-refractivity contribution in [3.63, 3.8) is 0 Å². The highest BCUT2D eigenvalue weighted by molar-refractivity contribution is 9.10. The van der Waals surface area contributed by atoms with E-state index in [0.717, 1.165) is 18.4 Å². The number of amides is 1. The normalized spacial score (nSPS) is 14.5. The van der Waals surface area contributed by atoms with Gasteiger partial charge in [0.15, 0.2) is 0 Å². The van der Waals surface area contributed by atoms with Crippen molar-refractivity contribution < 1.29 is 22.7 Å². The van der Waals surface area contributed by atoms with Crippen LogP contribution in [-0.2, 0) is 16.4 Å². The Morgan fingerprint density at radius 3 is 2.50 bits per heavy atom. The number of carbonyl (C=O) groups excluding carboxylic acids is 1. The van der Waals surface area contributed by atoms with Crippen LogP contribution in [0, 0.1) is 0 Å². The topological polar surface area (TPSA) is 84.9 Å². The fraction of sp³-hybridized carbons (Fsp3) is 0.381. The van der Waals surface area contributed by atoms with Crippen LogP contribution in [0.25, 0.3) is 0 Å². The number of rotatable bonds is 8. The van der Waals surface area contributed by atoms with Gasteiger partial charge in [0.05, 0.1) is 24.7 Å². The highest BCUT2D eigenvalue weighted by Gasteiger charge is 2.28. The van der Waals surface area contributed by atoms with Crippen LogP contribution >= 0.6 is 15.9 Å². The van der Waals surface area contributed by atoms with Gasteiger partial charge in [-0.05, 0) is 65.0 Å². The molecule has 3 rings (SSSR count). The number of halogens is 1. The lowest BCUT2D eigenvalue weighted by Gasteiger charge is -2.16. The standard InChI is InChI=1S/C21H25BrN2O5S/c1-28-16-6-5-15(20(13-16)29-2)9-10-23-21(25)18-14-17(7-8-19(18)22)30(26,27)24-11-3-4-12-24/h5-8,13-14H,3-4,9-12H2,1-2H3,(H,23,25). The molecule has 1 N–H and O–H groups in total. The lowest BCUT2D eigenvalue weighted by molar-refractivity contribution is 0.0953. The second kappa shape index (κ2) is 9.80. The summed E-state index contributed by atoms with van der Waals surface area (Å²) in [5.41, 5.74) is 1.22. The highest BCUT2D eigenvalue weighted by atomic mass is 79.9. The largest absolute Gasteiger partial charge is 0.497 e. The summed E-state index contributed by atoms with van der Waals surface area (Å²) < 4.78 is 38.2. The number of hydrogen-bond donors (Lipinski definition) is 1. The summed E-state index contributed by atoms with van der Waals surface area (Å²) in [5.74, 6) is 1.04. The molecule has 30 heavy (non-hydrogen) atoms. The van der Waals surface area contributed by atoms with Crippen LogP contribution in [0.1, 0.15) is 28.8 Å². The molecule has 0 saturated carbocycles. The third-order valence-electron chi connectivity index (χ3n) is 5.06. The molecular weight excluding hydrogens is 472 g/mol. The molecule has 1 aliphatic heterocycles. The predicted molar refractivity (Wildman–Crippen MR) is 118 cm³/mol. The van der Waals surface area contributed by atoms with Crippen LogP contribution in [0.3, 0.4) is 0 Å². The van der Waals surface area contributed by atoms with Gasteiger partial charge in [-0.2, -0.15) is 4.31 Å². The number of carbonyl (C=O) groups is 1. The van der Waals surface area contributed by atoms with Crippen molar-refractivity contribution in [2.75, 3.05) is 33.9 Å². The second-order valence-electron chi connectivity index (χ2n) is 6.94. The maximum Gasteiger partial charge on any atom is 0.252 e. The van der Waals surface area contributed by atoms with Crippen LogP contribution < -0.4 is 14.8 Å². The van der Waals surface area contributed by atoms with Gasteiger partial charge in [0.2, 0.25) is 10.0 Å². The molecule has 0 spiro atoms. The van der Waals surface area contributed by atoms with Gasteiger partial charge in [-0.1, -0.05) is 6.07 Å². The van der Waals surface area contributed by atoms with Crippen molar-refractivity contribution in [2.24, 2.45) is 0 Å². The number of sulfonamides is 1. The molecule has 2 aromatic carbocycles. The van der Waals surface area contributed by atoms with Crippen molar-refractivity contribution in [3.8, 4) is 11.5 Å². The van der Waals surface area contributed by atoms with Gasteiger partial charge in [-0.3, -0.25) is 4.79 Å². The fourth-order valence-electron chi connectivity index (χ4n) is 3.38. The third kappa shape index (κ3) is 4.96. The first kappa shape index (κ1) is 22.6. The summed E-state index contributed by atoms with van der Waals surface area (Å²) >= 11 is 3.35. The van der Waals surface area contributed by atoms with Gasteiger partial charge in [0, 0.05) is 30.2 Å². The van der Waals surface area contributed by atoms with Gasteiger partial charge in [0.1, 0.15) is 11.5 Å². The van der Waals surface area contributed by atoms with Crippen molar-refractivity contribution >= 4 is 31.9 Å². The van der Waals surface area contributed by atoms with Crippen LogP contribution in [0.5, 0.6) is 11.5 Å². The summed E-state index contributed by atoms with van der Waals surface area (Å²) in [6.07, 6.45) is 2.28. The number of hydrogen-bond acceptors (Lipinski definition) is 5. The van der Waals surface area contributed by atoms with Crippen molar-refractivity contribution in [2.45, 2.75) is 24.2 Å². The van der Waals surface area contributed by atoms with Crippen molar-refractivity contribution in [1.82, 2.24) is 9.62 Å². The minimum atomic E-state index is -3.59. The van der Waals surface area contributed by atoms with Crippen LogP contribution in [0.15, 0.2) is 45.8 Å². The molecule has 1 heterocycles. The first-order chi connectivity index (χ1) is 14.4. The summed E-state index contributed by atoms with van der Waals surface area (Å²) in [4.78, 5) is 12.8. The highest BCUT2D eigenvalue weighted by Crippen LogP contribution is 2.26. The molecule has 0 aliphatic carbocycles. The molecule has 1 fully saturated rings. The summed E-state index contributed by atoms with van der Waals surface area (Å²) in [5, 5.41) is 2.85. The van der Waals surface area contributed by atoms with E-state index in [1.807, 2.05) is 12.1 Å². The molecular formula is C21H25BrN2O5S. The Morgan fingerprint density at radius 2 is 1.83 bits per heavy atom. The van der Waals surface area contributed by atoms with E-state index in [2.05, 4.69) is 21.2 Å². The summed E-state index contributed by atoms with van der Waals surface area (Å²) in [7, 11) is -0.415. The number of benzene rings is 2. The van der Waals surface area contributed by atoms with Gasteiger partial charge < -0.3 is 14.8 Å². The van der Waals surface area contributed by atoms with E-state index in [0.29, 0.717) is 42.0 Å². The fourth-order valence-corrected chi connectivity index (χ4v) is 5.35. The molecule has 7 nitrogen and oxygen atoms in total. The first-order valence-electron chi connectivity index (χ1n) is 9.65. The Hall–Kier alpha value is -2.10. The van der Waals surface area contributed by atoms with Gasteiger partial charge in [0.25, 0.3) is 5.91 Å². The summed E-state index contributed by atoms with van der Waals surface area (Å²) in [6, 6.07) is 10.1. The Balaban J connectivity index is 1.70. The van der Waals surface area contributed by atoms with E-state index in [1.54, 1.807) is 26.4 Å². The van der Waals surface area contributed by atoms with Crippen LogP contribution in [0.2, 0.25) is 0 Å². The van der Waals surface area contributed by atoms with Gasteiger partial charge in [-0.15, -0.1) is 0 Å². The number of methoxy groups -OCH3 is 2. The molecule has 0 unspecified atom stereocenters. The Labute approximate surface area is 185 Å². The maximum atomic E-state index is 12.8.